The quantitative estimate of drug-likeness (QED) is 0.684. The van der Waals surface area contributed by atoms with Crippen LogP contribution in [0.4, 0.5) is 10.1 Å². The van der Waals surface area contributed by atoms with E-state index in [0.717, 1.165) is 37.2 Å². The highest BCUT2D eigenvalue weighted by Crippen LogP contribution is 2.27. The highest BCUT2D eigenvalue weighted by molar-refractivity contribution is 5.94. The van der Waals surface area contributed by atoms with Crippen LogP contribution >= 0.6 is 0 Å². The summed E-state index contributed by atoms with van der Waals surface area (Å²) in [5.41, 5.74) is 6.00. The largest absolute Gasteiger partial charge is 0.381 e. The van der Waals surface area contributed by atoms with Gasteiger partial charge in [0, 0.05) is 18.3 Å². The van der Waals surface area contributed by atoms with Gasteiger partial charge in [0.05, 0.1) is 5.56 Å². The van der Waals surface area contributed by atoms with Gasteiger partial charge in [-0.05, 0) is 80.1 Å². The van der Waals surface area contributed by atoms with Crippen molar-refractivity contribution < 1.29 is 9.18 Å². The fourth-order valence-corrected chi connectivity index (χ4v) is 3.63. The molecule has 0 saturated heterocycles. The molecule has 1 aliphatic heterocycles. The van der Waals surface area contributed by atoms with E-state index in [2.05, 4.69) is 35.0 Å². The molecular formula is C24H32FN3O. The summed E-state index contributed by atoms with van der Waals surface area (Å²) in [5.74, 6) is -0.546. The average molecular weight is 398 g/mol. The van der Waals surface area contributed by atoms with E-state index in [0.29, 0.717) is 12.5 Å². The second-order valence-electron chi connectivity index (χ2n) is 8.32. The molecule has 5 heteroatoms. The summed E-state index contributed by atoms with van der Waals surface area (Å²) in [6.45, 7) is 10.6. The second kappa shape index (κ2) is 9.40. The van der Waals surface area contributed by atoms with Crippen LogP contribution in [0.5, 0.6) is 0 Å². The Kier molecular flexibility index (Phi) is 6.91. The molecule has 1 amide bonds. The maximum Gasteiger partial charge on any atom is 0.254 e. The molecule has 1 heterocycles. The molecule has 2 aromatic carbocycles. The Balaban J connectivity index is 1.72. The smallest absolute Gasteiger partial charge is 0.254 e. The summed E-state index contributed by atoms with van der Waals surface area (Å²) in [6.07, 6.45) is 2.01. The molecule has 3 N–H and O–H groups in total. The molecule has 0 aliphatic carbocycles. The van der Waals surface area contributed by atoms with Gasteiger partial charge in [-0.3, -0.25) is 4.79 Å². The van der Waals surface area contributed by atoms with Crippen molar-refractivity contribution in [3.05, 3.63) is 64.0 Å². The molecule has 1 aliphatic rings. The number of carbonyl (C=O) groups is 1. The highest BCUT2D eigenvalue weighted by atomic mass is 19.1. The van der Waals surface area contributed by atoms with E-state index in [-0.39, 0.29) is 17.5 Å². The van der Waals surface area contributed by atoms with Crippen molar-refractivity contribution in [3.63, 3.8) is 0 Å². The van der Waals surface area contributed by atoms with Crippen LogP contribution in [-0.2, 0) is 19.4 Å². The SMILES string of the molecule is Cc1ccc2c(c1NCc1ccc(C(=O)NC(C)C(C)C)c(F)c1)CCNCC2. The maximum absolute atomic E-state index is 14.6. The van der Waals surface area contributed by atoms with Crippen molar-refractivity contribution in [1.82, 2.24) is 10.6 Å². The number of hydrogen-bond donors (Lipinski definition) is 3. The molecule has 29 heavy (non-hydrogen) atoms. The number of nitrogens with one attached hydrogen (secondary N) is 3. The first kappa shape index (κ1) is 21.3. The average Bonchev–Trinajstić information content (AvgIpc) is 2.92. The maximum atomic E-state index is 14.6. The fourth-order valence-electron chi connectivity index (χ4n) is 3.63. The Morgan fingerprint density at radius 3 is 2.62 bits per heavy atom. The van der Waals surface area contributed by atoms with Crippen molar-refractivity contribution in [1.29, 1.82) is 0 Å². The number of aryl methyl sites for hydroxylation is 1. The van der Waals surface area contributed by atoms with Crippen molar-refractivity contribution >= 4 is 11.6 Å². The van der Waals surface area contributed by atoms with Crippen LogP contribution in [0, 0.1) is 18.7 Å². The zero-order chi connectivity index (χ0) is 21.0. The molecular weight excluding hydrogens is 365 g/mol. The van der Waals surface area contributed by atoms with E-state index >= 15 is 0 Å². The Labute approximate surface area is 173 Å². The lowest BCUT2D eigenvalue weighted by atomic mass is 9.97. The summed E-state index contributed by atoms with van der Waals surface area (Å²) in [5, 5.41) is 9.82. The Morgan fingerprint density at radius 2 is 1.90 bits per heavy atom. The van der Waals surface area contributed by atoms with Gasteiger partial charge in [0.15, 0.2) is 0 Å². The molecule has 156 valence electrons. The lowest BCUT2D eigenvalue weighted by Crippen LogP contribution is -2.36. The Hall–Kier alpha value is -2.40. The summed E-state index contributed by atoms with van der Waals surface area (Å²) in [7, 11) is 0. The molecule has 0 spiro atoms. The number of amides is 1. The number of hydrogen-bond acceptors (Lipinski definition) is 3. The number of halogens is 1. The standard InChI is InChI=1S/C24H32FN3O/c1-15(2)17(4)28-24(29)21-8-6-18(13-22(21)25)14-27-23-16(3)5-7-19-9-11-26-12-10-20(19)23/h5-8,13,15,17,26-27H,9-12,14H2,1-4H3,(H,28,29). The summed E-state index contributed by atoms with van der Waals surface area (Å²) in [6, 6.07) is 9.22. The normalized spacial score (nSPS) is 14.8. The van der Waals surface area contributed by atoms with Gasteiger partial charge >= 0.3 is 0 Å². The molecule has 1 atom stereocenters. The minimum absolute atomic E-state index is 0.00551. The van der Waals surface area contributed by atoms with Gasteiger partial charge in [-0.2, -0.15) is 0 Å². The molecule has 1 unspecified atom stereocenters. The number of anilines is 1. The minimum Gasteiger partial charge on any atom is -0.381 e. The molecule has 4 nitrogen and oxygen atoms in total. The van der Waals surface area contributed by atoms with E-state index in [1.165, 1.54) is 22.8 Å². The minimum atomic E-state index is -0.481. The molecule has 2 aromatic rings. The third-order valence-electron chi connectivity index (χ3n) is 5.85. The van der Waals surface area contributed by atoms with Gasteiger partial charge in [-0.1, -0.05) is 32.0 Å². The van der Waals surface area contributed by atoms with Crippen LogP contribution in [0.1, 0.15) is 53.4 Å². The van der Waals surface area contributed by atoms with Crippen LogP contribution in [0.15, 0.2) is 30.3 Å². The molecule has 0 bridgehead atoms. The van der Waals surface area contributed by atoms with E-state index in [4.69, 9.17) is 0 Å². The predicted octanol–water partition coefficient (Wildman–Crippen LogP) is 4.21. The third kappa shape index (κ3) is 5.15. The first-order valence-electron chi connectivity index (χ1n) is 10.5. The molecule has 0 aromatic heterocycles. The van der Waals surface area contributed by atoms with Crippen molar-refractivity contribution in [2.45, 2.75) is 53.1 Å². The summed E-state index contributed by atoms with van der Waals surface area (Å²) in [4.78, 5) is 12.3. The van der Waals surface area contributed by atoms with Gasteiger partial charge in [0.2, 0.25) is 0 Å². The molecule has 0 fully saturated rings. The van der Waals surface area contributed by atoms with Gasteiger partial charge < -0.3 is 16.0 Å². The Bertz CT molecular complexity index is 879. The summed E-state index contributed by atoms with van der Waals surface area (Å²) < 4.78 is 14.6. The Morgan fingerprint density at radius 1 is 1.14 bits per heavy atom. The van der Waals surface area contributed by atoms with Crippen LogP contribution in [0.2, 0.25) is 0 Å². The molecule has 3 rings (SSSR count). The lowest BCUT2D eigenvalue weighted by molar-refractivity contribution is 0.0926. The van der Waals surface area contributed by atoms with Gasteiger partial charge in [-0.25, -0.2) is 4.39 Å². The molecule has 0 saturated carbocycles. The van der Waals surface area contributed by atoms with Gasteiger partial charge in [0.1, 0.15) is 5.82 Å². The molecule has 0 radical (unpaired) electrons. The monoisotopic (exact) mass is 397 g/mol. The van der Waals surface area contributed by atoms with E-state index in [1.807, 2.05) is 26.8 Å². The second-order valence-corrected chi connectivity index (χ2v) is 8.32. The van der Waals surface area contributed by atoms with Gasteiger partial charge in [0.25, 0.3) is 5.91 Å². The lowest BCUT2D eigenvalue weighted by Gasteiger charge is -2.18. The zero-order valence-electron chi connectivity index (χ0n) is 17.9. The summed E-state index contributed by atoms with van der Waals surface area (Å²) >= 11 is 0. The van der Waals surface area contributed by atoms with E-state index in [9.17, 15) is 9.18 Å². The van der Waals surface area contributed by atoms with Crippen LogP contribution in [0.3, 0.4) is 0 Å². The number of rotatable bonds is 6. The topological polar surface area (TPSA) is 53.2 Å². The zero-order valence-corrected chi connectivity index (χ0v) is 17.9. The van der Waals surface area contributed by atoms with Crippen molar-refractivity contribution in [2.75, 3.05) is 18.4 Å². The first-order chi connectivity index (χ1) is 13.9. The first-order valence-corrected chi connectivity index (χ1v) is 10.5. The van der Waals surface area contributed by atoms with Crippen LogP contribution in [0.25, 0.3) is 0 Å². The van der Waals surface area contributed by atoms with E-state index < -0.39 is 5.82 Å². The number of benzene rings is 2. The van der Waals surface area contributed by atoms with E-state index in [1.54, 1.807) is 6.07 Å². The third-order valence-corrected chi connectivity index (χ3v) is 5.85. The fraction of sp³-hybridized carbons (Fsp3) is 0.458. The number of carbonyl (C=O) groups excluding carboxylic acids is 1. The van der Waals surface area contributed by atoms with Crippen LogP contribution < -0.4 is 16.0 Å². The van der Waals surface area contributed by atoms with Crippen LogP contribution in [-0.4, -0.2) is 25.0 Å². The predicted molar refractivity (Wildman–Crippen MR) is 117 cm³/mol. The van der Waals surface area contributed by atoms with Crippen molar-refractivity contribution in [2.24, 2.45) is 5.92 Å². The number of fused-ring (bicyclic) bond motifs is 1. The van der Waals surface area contributed by atoms with Crippen molar-refractivity contribution in [3.8, 4) is 0 Å². The highest BCUT2D eigenvalue weighted by Gasteiger charge is 2.17. The van der Waals surface area contributed by atoms with Gasteiger partial charge in [-0.15, -0.1) is 0 Å².